The Balaban J connectivity index is 2.89. The lowest BCUT2D eigenvalue weighted by molar-refractivity contribution is -0.140. The van der Waals surface area contributed by atoms with Gasteiger partial charge in [0.25, 0.3) is 0 Å². The van der Waals surface area contributed by atoms with Crippen LogP contribution in [-0.2, 0) is 9.63 Å². The minimum absolute atomic E-state index is 0.405. The molecule has 0 spiro atoms. The first kappa shape index (κ1) is 10.4. The van der Waals surface area contributed by atoms with Crippen LogP contribution in [0.5, 0.6) is 0 Å². The van der Waals surface area contributed by atoms with Gasteiger partial charge in [-0.15, -0.1) is 0 Å². The van der Waals surface area contributed by atoms with E-state index in [1.165, 1.54) is 6.92 Å². The summed E-state index contributed by atoms with van der Waals surface area (Å²) in [5.41, 5.74) is 2.81. The third kappa shape index (κ3) is 2.69. The number of hydrogen-bond donors (Lipinski definition) is 0. The number of rotatable bonds is 2. The molecule has 0 aliphatic heterocycles. The maximum absolute atomic E-state index is 10.5. The van der Waals surface area contributed by atoms with Crippen molar-refractivity contribution < 1.29 is 9.63 Å². The van der Waals surface area contributed by atoms with Gasteiger partial charge in [-0.1, -0.05) is 29.4 Å². The Morgan fingerprint density at radius 3 is 2.50 bits per heavy atom. The molecular formula is C11H13NO2. The molecule has 3 heteroatoms. The van der Waals surface area contributed by atoms with Gasteiger partial charge in [0.2, 0.25) is 0 Å². The highest BCUT2D eigenvalue weighted by molar-refractivity contribution is 5.99. The second kappa shape index (κ2) is 4.56. The monoisotopic (exact) mass is 191 g/mol. The standard InChI is InChI=1S/C11H13NO2/c1-8-6-4-5-7-11(8)9(2)12-14-10(3)13/h4-7H,1-3H3/b12-9+. The number of oxime groups is 1. The van der Waals surface area contributed by atoms with E-state index in [0.29, 0.717) is 5.71 Å². The third-order valence-corrected chi connectivity index (χ3v) is 1.85. The number of benzene rings is 1. The van der Waals surface area contributed by atoms with Crippen molar-refractivity contribution in [3.8, 4) is 0 Å². The highest BCUT2D eigenvalue weighted by Crippen LogP contribution is 2.08. The molecule has 74 valence electrons. The van der Waals surface area contributed by atoms with Crippen LogP contribution in [0.3, 0.4) is 0 Å². The van der Waals surface area contributed by atoms with Crippen LogP contribution in [0.1, 0.15) is 25.0 Å². The number of hydrogen-bond acceptors (Lipinski definition) is 3. The van der Waals surface area contributed by atoms with Gasteiger partial charge in [0, 0.05) is 12.5 Å². The van der Waals surface area contributed by atoms with Crippen LogP contribution in [0, 0.1) is 6.92 Å². The zero-order chi connectivity index (χ0) is 10.6. The zero-order valence-corrected chi connectivity index (χ0v) is 8.57. The number of aryl methyl sites for hydroxylation is 1. The Kier molecular flexibility index (Phi) is 3.40. The van der Waals surface area contributed by atoms with Gasteiger partial charge in [-0.3, -0.25) is 0 Å². The van der Waals surface area contributed by atoms with E-state index in [4.69, 9.17) is 0 Å². The Bertz CT molecular complexity index is 369. The molecule has 1 rings (SSSR count). The molecule has 0 radical (unpaired) electrons. The third-order valence-electron chi connectivity index (χ3n) is 1.85. The first-order valence-electron chi connectivity index (χ1n) is 4.39. The maximum atomic E-state index is 10.5. The van der Waals surface area contributed by atoms with E-state index in [0.717, 1.165) is 11.1 Å². The average molecular weight is 191 g/mol. The van der Waals surface area contributed by atoms with E-state index in [-0.39, 0.29) is 0 Å². The molecule has 0 saturated heterocycles. The van der Waals surface area contributed by atoms with Gasteiger partial charge in [-0.05, 0) is 19.4 Å². The molecule has 0 saturated carbocycles. The SMILES string of the molecule is CC(=O)O/N=C(\C)c1ccccc1C. The fourth-order valence-electron chi connectivity index (χ4n) is 1.16. The van der Waals surface area contributed by atoms with Crippen molar-refractivity contribution in [2.75, 3.05) is 0 Å². The largest absolute Gasteiger partial charge is 0.331 e. The van der Waals surface area contributed by atoms with Crippen LogP contribution in [0.2, 0.25) is 0 Å². The molecule has 0 aromatic heterocycles. The maximum Gasteiger partial charge on any atom is 0.331 e. The summed E-state index contributed by atoms with van der Waals surface area (Å²) in [6.45, 7) is 5.13. The molecule has 3 nitrogen and oxygen atoms in total. The summed E-state index contributed by atoms with van der Waals surface area (Å²) in [6.07, 6.45) is 0. The van der Waals surface area contributed by atoms with Gasteiger partial charge in [0.15, 0.2) is 0 Å². The highest BCUT2D eigenvalue weighted by atomic mass is 16.7. The summed E-state index contributed by atoms with van der Waals surface area (Å²) in [5.74, 6) is -0.405. The molecule has 0 atom stereocenters. The fraction of sp³-hybridized carbons (Fsp3) is 0.273. The first-order valence-corrected chi connectivity index (χ1v) is 4.39. The fourth-order valence-corrected chi connectivity index (χ4v) is 1.16. The molecule has 0 fully saturated rings. The van der Waals surface area contributed by atoms with Crippen molar-refractivity contribution in [2.45, 2.75) is 20.8 Å². The Morgan fingerprint density at radius 1 is 1.29 bits per heavy atom. The van der Waals surface area contributed by atoms with E-state index < -0.39 is 5.97 Å². The van der Waals surface area contributed by atoms with Gasteiger partial charge in [-0.25, -0.2) is 4.79 Å². The van der Waals surface area contributed by atoms with E-state index >= 15 is 0 Å². The minimum atomic E-state index is -0.405. The van der Waals surface area contributed by atoms with Crippen molar-refractivity contribution in [1.82, 2.24) is 0 Å². The predicted molar refractivity (Wildman–Crippen MR) is 55.2 cm³/mol. The Hall–Kier alpha value is -1.64. The number of carbonyl (C=O) groups excluding carboxylic acids is 1. The molecule has 0 amide bonds. The molecule has 14 heavy (non-hydrogen) atoms. The Morgan fingerprint density at radius 2 is 1.93 bits per heavy atom. The van der Waals surface area contributed by atoms with Crippen LogP contribution in [0.4, 0.5) is 0 Å². The van der Waals surface area contributed by atoms with Crippen molar-refractivity contribution in [2.24, 2.45) is 5.16 Å². The normalized spacial score (nSPS) is 11.2. The van der Waals surface area contributed by atoms with Gasteiger partial charge in [0.05, 0.1) is 5.71 Å². The lowest BCUT2D eigenvalue weighted by Crippen LogP contribution is -2.01. The van der Waals surface area contributed by atoms with Crippen LogP contribution in [0.15, 0.2) is 29.4 Å². The van der Waals surface area contributed by atoms with Crippen LogP contribution in [-0.4, -0.2) is 11.7 Å². The highest BCUT2D eigenvalue weighted by Gasteiger charge is 2.01. The van der Waals surface area contributed by atoms with E-state index in [9.17, 15) is 4.79 Å². The first-order chi connectivity index (χ1) is 6.61. The minimum Gasteiger partial charge on any atom is -0.318 e. The quantitative estimate of drug-likeness (QED) is 0.408. The van der Waals surface area contributed by atoms with E-state index in [1.807, 2.05) is 38.1 Å². The molecule has 0 heterocycles. The molecule has 0 aliphatic carbocycles. The summed E-state index contributed by atoms with van der Waals surface area (Å²) in [4.78, 5) is 15.1. The van der Waals surface area contributed by atoms with Crippen LogP contribution < -0.4 is 0 Å². The van der Waals surface area contributed by atoms with Gasteiger partial charge >= 0.3 is 5.97 Å². The Labute approximate surface area is 83.4 Å². The van der Waals surface area contributed by atoms with Crippen molar-refractivity contribution in [3.63, 3.8) is 0 Å². The van der Waals surface area contributed by atoms with Crippen LogP contribution in [0.25, 0.3) is 0 Å². The number of carbonyl (C=O) groups is 1. The van der Waals surface area contributed by atoms with E-state index in [2.05, 4.69) is 9.99 Å². The zero-order valence-electron chi connectivity index (χ0n) is 8.57. The van der Waals surface area contributed by atoms with Crippen molar-refractivity contribution in [1.29, 1.82) is 0 Å². The summed E-state index contributed by atoms with van der Waals surface area (Å²) >= 11 is 0. The molecule has 0 unspecified atom stereocenters. The summed E-state index contributed by atoms with van der Waals surface area (Å²) in [6, 6.07) is 7.81. The lowest BCUT2D eigenvalue weighted by Gasteiger charge is -2.03. The lowest BCUT2D eigenvalue weighted by atomic mass is 10.1. The molecule has 0 N–H and O–H groups in total. The van der Waals surface area contributed by atoms with Crippen molar-refractivity contribution in [3.05, 3.63) is 35.4 Å². The van der Waals surface area contributed by atoms with Gasteiger partial charge in [0.1, 0.15) is 0 Å². The summed E-state index contributed by atoms with van der Waals surface area (Å²) < 4.78 is 0. The number of nitrogens with zero attached hydrogens (tertiary/aromatic N) is 1. The average Bonchev–Trinajstić information content (AvgIpc) is 2.15. The van der Waals surface area contributed by atoms with Crippen LogP contribution >= 0.6 is 0 Å². The van der Waals surface area contributed by atoms with Crippen molar-refractivity contribution >= 4 is 11.7 Å². The molecule has 0 bridgehead atoms. The second-order valence-electron chi connectivity index (χ2n) is 3.07. The van der Waals surface area contributed by atoms with Gasteiger partial charge < -0.3 is 4.84 Å². The molecular weight excluding hydrogens is 178 g/mol. The van der Waals surface area contributed by atoms with Gasteiger partial charge in [-0.2, -0.15) is 0 Å². The van der Waals surface area contributed by atoms with E-state index in [1.54, 1.807) is 0 Å². The second-order valence-corrected chi connectivity index (χ2v) is 3.07. The molecule has 0 aliphatic rings. The summed E-state index contributed by atoms with van der Waals surface area (Å²) in [7, 11) is 0. The molecule has 1 aromatic carbocycles. The summed E-state index contributed by atoms with van der Waals surface area (Å²) in [5, 5.41) is 3.72. The smallest absolute Gasteiger partial charge is 0.318 e. The topological polar surface area (TPSA) is 38.7 Å². The predicted octanol–water partition coefficient (Wildman–Crippen LogP) is 2.28. The molecule has 1 aromatic rings.